The Labute approximate surface area is 108 Å². The molecule has 0 saturated heterocycles. The summed E-state index contributed by atoms with van der Waals surface area (Å²) in [6.07, 6.45) is 2.53. The van der Waals surface area contributed by atoms with Crippen molar-refractivity contribution in [2.75, 3.05) is 0 Å². The summed E-state index contributed by atoms with van der Waals surface area (Å²) in [5.41, 5.74) is 0.340. The fourth-order valence-corrected chi connectivity index (χ4v) is 1.78. The van der Waals surface area contributed by atoms with Crippen LogP contribution in [0.1, 0.15) is 30.2 Å². The van der Waals surface area contributed by atoms with Gasteiger partial charge in [0.1, 0.15) is 11.6 Å². The van der Waals surface area contributed by atoms with Crippen LogP contribution in [0.15, 0.2) is 22.6 Å². The highest BCUT2D eigenvalue weighted by Gasteiger charge is 2.21. The average Bonchev–Trinajstić information content (AvgIpc) is 3.10. The summed E-state index contributed by atoms with van der Waals surface area (Å²) in [6.45, 7) is 0.531. The van der Waals surface area contributed by atoms with Crippen molar-refractivity contribution in [3.63, 3.8) is 0 Å². The molecule has 0 bridgehead atoms. The first-order valence-electron chi connectivity index (χ1n) is 6.19. The number of aromatic nitrogens is 2. The van der Waals surface area contributed by atoms with Crippen molar-refractivity contribution in [3.8, 4) is 0 Å². The highest BCUT2D eigenvalue weighted by molar-refractivity contribution is 5.21. The van der Waals surface area contributed by atoms with Crippen molar-refractivity contribution in [2.24, 2.45) is 0 Å². The van der Waals surface area contributed by atoms with E-state index in [1.807, 2.05) is 0 Å². The van der Waals surface area contributed by atoms with Crippen LogP contribution in [0.25, 0.3) is 0 Å². The fourth-order valence-electron chi connectivity index (χ4n) is 1.78. The van der Waals surface area contributed by atoms with Gasteiger partial charge in [-0.25, -0.2) is 8.78 Å². The summed E-state index contributed by atoms with van der Waals surface area (Å²) in [7, 11) is 0. The lowest BCUT2D eigenvalue weighted by Crippen LogP contribution is -2.15. The Kier molecular flexibility index (Phi) is 3.25. The van der Waals surface area contributed by atoms with Gasteiger partial charge in [-0.2, -0.15) is 0 Å². The van der Waals surface area contributed by atoms with Crippen LogP contribution in [0.3, 0.4) is 0 Å². The molecular weight excluding hydrogens is 252 g/mol. The molecule has 1 aliphatic rings. The predicted octanol–water partition coefficient (Wildman–Crippen LogP) is 2.19. The number of nitrogens with one attached hydrogen (secondary N) is 1. The first kappa shape index (κ1) is 12.2. The number of halogens is 2. The number of rotatable bonds is 5. The van der Waals surface area contributed by atoms with Crippen molar-refractivity contribution in [2.45, 2.75) is 31.8 Å². The summed E-state index contributed by atoms with van der Waals surface area (Å²) in [5.74, 6) is -0.375. The molecular formula is C13H13F2N3O. The summed E-state index contributed by atoms with van der Waals surface area (Å²) in [5, 5.41) is 11.0. The number of hydrogen-bond donors (Lipinski definition) is 1. The molecule has 2 aromatic rings. The molecule has 1 aromatic heterocycles. The van der Waals surface area contributed by atoms with Crippen LogP contribution in [-0.2, 0) is 13.0 Å². The van der Waals surface area contributed by atoms with E-state index in [2.05, 4.69) is 15.5 Å². The van der Waals surface area contributed by atoms with Crippen molar-refractivity contribution in [1.82, 2.24) is 15.5 Å². The Hall–Kier alpha value is -1.82. The van der Waals surface area contributed by atoms with Crippen LogP contribution >= 0.6 is 0 Å². The van der Waals surface area contributed by atoms with Gasteiger partial charge in [0.2, 0.25) is 11.8 Å². The van der Waals surface area contributed by atoms with E-state index in [4.69, 9.17) is 4.42 Å². The number of nitrogens with zero attached hydrogens (tertiary/aromatic N) is 2. The van der Waals surface area contributed by atoms with Gasteiger partial charge in [0.15, 0.2) is 0 Å². The number of benzene rings is 1. The molecule has 0 aliphatic heterocycles. The molecule has 1 aromatic carbocycles. The first-order chi connectivity index (χ1) is 9.20. The van der Waals surface area contributed by atoms with Gasteiger partial charge in [-0.15, -0.1) is 10.2 Å². The lowest BCUT2D eigenvalue weighted by molar-refractivity contribution is 0.435. The third kappa shape index (κ3) is 3.14. The molecule has 19 heavy (non-hydrogen) atoms. The average molecular weight is 265 g/mol. The standard InChI is InChI=1S/C13H13F2N3O/c14-9-2-1-8(11(15)6-9)5-12-17-18-13(19-12)7-16-10-3-4-10/h1-2,6,10,16H,3-5,7H2. The molecule has 0 atom stereocenters. The normalized spacial score (nSPS) is 14.8. The molecule has 0 amide bonds. The summed E-state index contributed by atoms with van der Waals surface area (Å²) < 4.78 is 31.6. The van der Waals surface area contributed by atoms with Crippen LogP contribution < -0.4 is 5.32 Å². The predicted molar refractivity (Wildman–Crippen MR) is 63.3 cm³/mol. The smallest absolute Gasteiger partial charge is 0.230 e. The van der Waals surface area contributed by atoms with Gasteiger partial charge >= 0.3 is 0 Å². The molecule has 4 nitrogen and oxygen atoms in total. The van der Waals surface area contributed by atoms with Crippen LogP contribution in [-0.4, -0.2) is 16.2 Å². The molecule has 1 aliphatic carbocycles. The van der Waals surface area contributed by atoms with Gasteiger partial charge in [-0.1, -0.05) is 6.07 Å². The van der Waals surface area contributed by atoms with Crippen LogP contribution in [0, 0.1) is 11.6 Å². The maximum atomic E-state index is 13.5. The SMILES string of the molecule is Fc1ccc(Cc2nnc(CNC3CC3)o2)c(F)c1. The lowest BCUT2D eigenvalue weighted by atomic mass is 10.1. The molecule has 100 valence electrons. The quantitative estimate of drug-likeness (QED) is 0.900. The van der Waals surface area contributed by atoms with Gasteiger partial charge in [-0.3, -0.25) is 0 Å². The van der Waals surface area contributed by atoms with E-state index in [9.17, 15) is 8.78 Å². The Morgan fingerprint density at radius 2 is 2.00 bits per heavy atom. The van der Waals surface area contributed by atoms with Crippen molar-refractivity contribution in [1.29, 1.82) is 0 Å². The highest BCUT2D eigenvalue weighted by Crippen LogP contribution is 2.19. The van der Waals surface area contributed by atoms with Gasteiger partial charge in [0, 0.05) is 12.1 Å². The van der Waals surface area contributed by atoms with E-state index in [1.165, 1.54) is 25.0 Å². The molecule has 3 rings (SSSR count). The molecule has 1 saturated carbocycles. The Morgan fingerprint density at radius 1 is 1.21 bits per heavy atom. The van der Waals surface area contributed by atoms with E-state index in [0.29, 0.717) is 29.9 Å². The number of hydrogen-bond acceptors (Lipinski definition) is 4. The summed E-state index contributed by atoms with van der Waals surface area (Å²) >= 11 is 0. The molecule has 6 heteroatoms. The topological polar surface area (TPSA) is 51.0 Å². The van der Waals surface area contributed by atoms with E-state index < -0.39 is 11.6 Å². The largest absolute Gasteiger partial charge is 0.424 e. The zero-order valence-electron chi connectivity index (χ0n) is 10.2. The second-order valence-corrected chi connectivity index (χ2v) is 4.66. The lowest BCUT2D eigenvalue weighted by Gasteiger charge is -1.99. The zero-order valence-corrected chi connectivity index (χ0v) is 10.2. The van der Waals surface area contributed by atoms with E-state index in [-0.39, 0.29) is 6.42 Å². The van der Waals surface area contributed by atoms with E-state index >= 15 is 0 Å². The van der Waals surface area contributed by atoms with Gasteiger partial charge in [0.25, 0.3) is 0 Å². The van der Waals surface area contributed by atoms with Crippen LogP contribution in [0.5, 0.6) is 0 Å². The molecule has 1 heterocycles. The van der Waals surface area contributed by atoms with Crippen molar-refractivity contribution in [3.05, 3.63) is 47.2 Å². The maximum Gasteiger partial charge on any atom is 0.230 e. The highest BCUT2D eigenvalue weighted by atomic mass is 19.1. The Morgan fingerprint density at radius 3 is 2.74 bits per heavy atom. The van der Waals surface area contributed by atoms with E-state index in [0.717, 1.165) is 6.07 Å². The van der Waals surface area contributed by atoms with Crippen molar-refractivity contribution >= 4 is 0 Å². The second kappa shape index (κ2) is 5.05. The first-order valence-corrected chi connectivity index (χ1v) is 6.19. The van der Waals surface area contributed by atoms with Crippen LogP contribution in [0.4, 0.5) is 8.78 Å². The third-order valence-corrected chi connectivity index (χ3v) is 2.98. The van der Waals surface area contributed by atoms with Crippen molar-refractivity contribution < 1.29 is 13.2 Å². The Bertz CT molecular complexity index is 581. The molecule has 1 N–H and O–H groups in total. The summed E-state index contributed by atoms with van der Waals surface area (Å²) in [6, 6.07) is 4.01. The monoisotopic (exact) mass is 265 g/mol. The molecule has 1 fully saturated rings. The summed E-state index contributed by atoms with van der Waals surface area (Å²) in [4.78, 5) is 0. The minimum absolute atomic E-state index is 0.169. The van der Waals surface area contributed by atoms with Gasteiger partial charge in [0.05, 0.1) is 13.0 Å². The van der Waals surface area contributed by atoms with Gasteiger partial charge in [-0.05, 0) is 24.5 Å². The zero-order chi connectivity index (χ0) is 13.2. The molecule has 0 unspecified atom stereocenters. The minimum Gasteiger partial charge on any atom is -0.424 e. The fraction of sp³-hybridized carbons (Fsp3) is 0.385. The van der Waals surface area contributed by atoms with Gasteiger partial charge < -0.3 is 9.73 Å². The molecule has 0 radical (unpaired) electrons. The van der Waals surface area contributed by atoms with E-state index in [1.54, 1.807) is 0 Å². The Balaban J connectivity index is 1.65. The van der Waals surface area contributed by atoms with Crippen LogP contribution in [0.2, 0.25) is 0 Å². The third-order valence-electron chi connectivity index (χ3n) is 2.98. The molecule has 0 spiro atoms. The minimum atomic E-state index is -0.601. The second-order valence-electron chi connectivity index (χ2n) is 4.66. The maximum absolute atomic E-state index is 13.5.